The fourth-order valence-electron chi connectivity index (χ4n) is 1.97. The van der Waals surface area contributed by atoms with Gasteiger partial charge in [-0.05, 0) is 30.8 Å². The first-order chi connectivity index (χ1) is 6.30. The van der Waals surface area contributed by atoms with Crippen LogP contribution in [-0.2, 0) is 9.22 Å². The van der Waals surface area contributed by atoms with Crippen molar-refractivity contribution in [2.45, 2.75) is 52.8 Å². The van der Waals surface area contributed by atoms with Gasteiger partial charge in [0.2, 0.25) is 0 Å². The first kappa shape index (κ1) is 11.9. The molecule has 1 saturated carbocycles. The molecule has 0 N–H and O–H groups in total. The Morgan fingerprint density at radius 3 is 2.29 bits per heavy atom. The van der Waals surface area contributed by atoms with Crippen LogP contribution < -0.4 is 0 Å². The van der Waals surface area contributed by atoms with Crippen molar-refractivity contribution < 1.29 is 9.22 Å². The molecule has 14 heavy (non-hydrogen) atoms. The Bertz CT molecular complexity index is 218. The second-order valence-electron chi connectivity index (χ2n) is 5.64. The minimum absolute atomic E-state index is 0.0779. The lowest BCUT2D eigenvalue weighted by Crippen LogP contribution is -2.24. The highest BCUT2D eigenvalue weighted by Crippen LogP contribution is 2.38. The molecule has 0 heterocycles. The number of hydrogen-bond donors (Lipinski definition) is 0. The molecule has 1 unspecified atom stereocenters. The molecule has 0 spiro atoms. The average Bonchev–Trinajstić information content (AvgIpc) is 2.30. The largest absolute Gasteiger partial charge is 0.411 e. The van der Waals surface area contributed by atoms with Crippen LogP contribution in [0.5, 0.6) is 0 Å². The first-order valence-corrected chi connectivity index (χ1v) is 8.27. The van der Waals surface area contributed by atoms with Gasteiger partial charge in [0.05, 0.1) is 0 Å². The Balaban J connectivity index is 2.56. The Morgan fingerprint density at radius 1 is 1.36 bits per heavy atom. The van der Waals surface area contributed by atoms with Gasteiger partial charge >= 0.3 is 0 Å². The molecule has 0 aromatic carbocycles. The Kier molecular flexibility index (Phi) is 3.53. The molecule has 0 amide bonds. The fraction of sp³-hybridized carbons (Fsp3) is 0.909. The van der Waals surface area contributed by atoms with Crippen molar-refractivity contribution >= 4 is 14.8 Å². The van der Waals surface area contributed by atoms with Crippen molar-refractivity contribution in [3.05, 3.63) is 0 Å². The topological polar surface area (TPSA) is 26.3 Å². The molecule has 0 aromatic rings. The smallest absolute Gasteiger partial charge is 0.171 e. The number of hydrogen-bond acceptors (Lipinski definition) is 2. The summed E-state index contributed by atoms with van der Waals surface area (Å²) < 4.78 is 5.74. The molecule has 0 aliphatic heterocycles. The molecule has 1 aliphatic rings. The third kappa shape index (κ3) is 2.92. The van der Waals surface area contributed by atoms with Gasteiger partial charge in [-0.2, -0.15) is 0 Å². The van der Waals surface area contributed by atoms with Crippen molar-refractivity contribution in [3.63, 3.8) is 0 Å². The summed E-state index contributed by atoms with van der Waals surface area (Å²) in [6, 6.07) is 0. The van der Waals surface area contributed by atoms with Crippen molar-refractivity contribution in [1.82, 2.24) is 0 Å². The predicted molar refractivity (Wildman–Crippen MR) is 60.9 cm³/mol. The molecule has 2 atom stereocenters. The molecule has 82 valence electrons. The van der Waals surface area contributed by atoms with Crippen molar-refractivity contribution in [1.29, 1.82) is 0 Å². The van der Waals surface area contributed by atoms with E-state index in [0.29, 0.717) is 11.7 Å². The number of rotatable bonds is 2. The lowest BCUT2D eigenvalue weighted by molar-refractivity contribution is -0.123. The number of ketones is 1. The molecule has 0 bridgehead atoms. The maximum absolute atomic E-state index is 11.7. The van der Waals surface area contributed by atoms with E-state index in [1.165, 1.54) is 0 Å². The van der Waals surface area contributed by atoms with E-state index < -0.39 is 9.04 Å². The van der Waals surface area contributed by atoms with Gasteiger partial charge in [-0.3, -0.25) is 4.79 Å². The van der Waals surface area contributed by atoms with Gasteiger partial charge in [0, 0.05) is 6.42 Å². The van der Waals surface area contributed by atoms with Crippen LogP contribution >= 0.6 is 0 Å². The summed E-state index contributed by atoms with van der Waals surface area (Å²) in [4.78, 5) is 11.7. The summed E-state index contributed by atoms with van der Waals surface area (Å²) in [7, 11) is -1.06. The normalized spacial score (nSPS) is 28.9. The van der Waals surface area contributed by atoms with E-state index in [1.807, 2.05) is 0 Å². The van der Waals surface area contributed by atoms with Gasteiger partial charge in [-0.15, -0.1) is 0 Å². The molecular weight excluding hydrogens is 192 g/mol. The van der Waals surface area contributed by atoms with Crippen LogP contribution in [0.3, 0.4) is 0 Å². The van der Waals surface area contributed by atoms with Crippen LogP contribution in [0.4, 0.5) is 0 Å². The molecule has 1 fully saturated rings. The van der Waals surface area contributed by atoms with Gasteiger partial charge in [0.1, 0.15) is 6.10 Å². The highest BCUT2D eigenvalue weighted by atomic mass is 28.3. The van der Waals surface area contributed by atoms with Gasteiger partial charge in [0.25, 0.3) is 0 Å². The van der Waals surface area contributed by atoms with E-state index in [2.05, 4.69) is 33.9 Å². The van der Waals surface area contributed by atoms with Crippen LogP contribution in [0.1, 0.15) is 33.6 Å². The minimum atomic E-state index is -1.06. The van der Waals surface area contributed by atoms with Gasteiger partial charge < -0.3 is 4.43 Å². The fourth-order valence-corrected chi connectivity index (χ4v) is 2.89. The third-order valence-electron chi connectivity index (χ3n) is 2.97. The lowest BCUT2D eigenvalue weighted by Gasteiger charge is -2.26. The maximum Gasteiger partial charge on any atom is 0.171 e. The summed E-state index contributed by atoms with van der Waals surface area (Å²) >= 11 is 0. The molecular formula is C11H22O2Si. The Hall–Kier alpha value is -0.153. The van der Waals surface area contributed by atoms with E-state index in [-0.39, 0.29) is 11.5 Å². The molecule has 3 heteroatoms. The Morgan fingerprint density at radius 2 is 1.93 bits per heavy atom. The molecule has 0 aromatic heterocycles. The maximum atomic E-state index is 11.7. The van der Waals surface area contributed by atoms with E-state index >= 15 is 0 Å². The molecule has 0 saturated heterocycles. The van der Waals surface area contributed by atoms with E-state index in [1.54, 1.807) is 0 Å². The first-order valence-electron chi connectivity index (χ1n) is 5.49. The van der Waals surface area contributed by atoms with Crippen LogP contribution in [0, 0.1) is 11.3 Å². The summed E-state index contributed by atoms with van der Waals surface area (Å²) in [5.41, 5.74) is 0.242. The van der Waals surface area contributed by atoms with Crippen molar-refractivity contribution in [2.24, 2.45) is 11.3 Å². The number of carbonyl (C=O) groups is 1. The quantitative estimate of drug-likeness (QED) is 0.660. The van der Waals surface area contributed by atoms with Gasteiger partial charge in [0.15, 0.2) is 14.8 Å². The summed E-state index contributed by atoms with van der Waals surface area (Å²) in [5.74, 6) is 0.832. The zero-order chi connectivity index (χ0) is 10.9. The zero-order valence-electron chi connectivity index (χ0n) is 9.96. The highest BCUT2D eigenvalue weighted by molar-refractivity contribution is 6.48. The van der Waals surface area contributed by atoms with E-state index in [4.69, 9.17) is 4.43 Å². The number of carbonyl (C=O) groups excluding carboxylic acids is 1. The van der Waals surface area contributed by atoms with E-state index in [0.717, 1.165) is 12.8 Å². The van der Waals surface area contributed by atoms with Crippen LogP contribution in [-0.4, -0.2) is 20.9 Å². The third-order valence-corrected chi connectivity index (χ3v) is 3.84. The predicted octanol–water partition coefficient (Wildman–Crippen LogP) is 2.38. The minimum Gasteiger partial charge on any atom is -0.411 e. The van der Waals surface area contributed by atoms with Gasteiger partial charge in [-0.25, -0.2) is 0 Å². The van der Waals surface area contributed by atoms with Crippen LogP contribution in [0.2, 0.25) is 13.1 Å². The monoisotopic (exact) mass is 214 g/mol. The Labute approximate surface area is 88.8 Å². The summed E-state index contributed by atoms with van der Waals surface area (Å²) in [5, 5.41) is 0. The second kappa shape index (κ2) is 4.15. The van der Waals surface area contributed by atoms with Crippen LogP contribution in [0.25, 0.3) is 0 Å². The van der Waals surface area contributed by atoms with Crippen molar-refractivity contribution in [2.75, 3.05) is 0 Å². The zero-order valence-corrected chi connectivity index (χ0v) is 11.1. The van der Waals surface area contributed by atoms with E-state index in [9.17, 15) is 4.79 Å². The highest BCUT2D eigenvalue weighted by Gasteiger charge is 2.39. The lowest BCUT2D eigenvalue weighted by atomic mass is 9.80. The second-order valence-corrected chi connectivity index (χ2v) is 8.01. The van der Waals surface area contributed by atoms with Gasteiger partial charge in [-0.1, -0.05) is 20.8 Å². The summed E-state index contributed by atoms with van der Waals surface area (Å²) in [6.07, 6.45) is 1.58. The molecule has 2 nitrogen and oxygen atoms in total. The molecule has 0 radical (unpaired) electrons. The molecule has 1 rings (SSSR count). The average molecular weight is 214 g/mol. The molecule has 1 aliphatic carbocycles. The number of Topliss-reactive ketones (excluding diaryl/α,β-unsaturated/α-hetero) is 1. The SMILES string of the molecule is C[SiH](C)O[C@@H]1CC(C(C)(C)C)CC1=O. The standard InChI is InChI=1S/C11H22O2Si/c1-11(2,3)8-6-9(12)10(7-8)13-14(4)5/h8,10,14H,6-7H2,1-5H3/t8?,10-/m1/s1. The van der Waals surface area contributed by atoms with Crippen LogP contribution in [0.15, 0.2) is 0 Å². The summed E-state index contributed by atoms with van der Waals surface area (Å²) in [6.45, 7) is 10.9. The van der Waals surface area contributed by atoms with Crippen molar-refractivity contribution in [3.8, 4) is 0 Å².